The zero-order valence-electron chi connectivity index (χ0n) is 9.92. The molecule has 4 heteroatoms. The van der Waals surface area contributed by atoms with Crippen molar-refractivity contribution in [3.8, 4) is 11.5 Å². The number of aliphatic carboxylic acids is 1. The van der Waals surface area contributed by atoms with Crippen molar-refractivity contribution in [2.45, 2.75) is 0 Å². The first-order chi connectivity index (χ1) is 9.15. The highest BCUT2D eigenvalue weighted by Gasteiger charge is 2.01. The van der Waals surface area contributed by atoms with Gasteiger partial charge in [-0.1, -0.05) is 35.9 Å². The lowest BCUT2D eigenvalue weighted by atomic mass is 10.2. The Morgan fingerprint density at radius 2 is 1.79 bits per heavy atom. The normalized spacial score (nSPS) is 10.6. The molecule has 0 unspecified atom stereocenters. The molecule has 0 aliphatic carbocycles. The highest BCUT2D eigenvalue weighted by Crippen LogP contribution is 2.28. The van der Waals surface area contributed by atoms with Gasteiger partial charge in [0.05, 0.1) is 5.02 Å². The van der Waals surface area contributed by atoms with Crippen molar-refractivity contribution in [2.24, 2.45) is 0 Å². The van der Waals surface area contributed by atoms with Gasteiger partial charge in [-0.25, -0.2) is 4.79 Å². The molecule has 0 spiro atoms. The maximum absolute atomic E-state index is 10.4. The largest absolute Gasteiger partial charge is 0.478 e. The number of carboxylic acids is 1. The SMILES string of the molecule is O=C(O)C=Cc1ccc(Oc2ccccc2Cl)cc1. The Balaban J connectivity index is 2.11. The number of hydrogen-bond donors (Lipinski definition) is 1. The molecular weight excluding hydrogens is 264 g/mol. The molecule has 0 radical (unpaired) electrons. The van der Waals surface area contributed by atoms with Gasteiger partial charge in [-0.05, 0) is 35.9 Å². The predicted octanol–water partition coefficient (Wildman–Crippen LogP) is 4.23. The Kier molecular flexibility index (Phi) is 4.21. The summed E-state index contributed by atoms with van der Waals surface area (Å²) >= 11 is 5.99. The first-order valence-electron chi connectivity index (χ1n) is 5.58. The number of carboxylic acid groups (broad SMARTS) is 1. The molecule has 0 amide bonds. The maximum atomic E-state index is 10.4. The minimum Gasteiger partial charge on any atom is -0.478 e. The van der Waals surface area contributed by atoms with Crippen LogP contribution in [0.25, 0.3) is 6.08 Å². The van der Waals surface area contributed by atoms with Crippen LogP contribution >= 0.6 is 11.6 Å². The van der Waals surface area contributed by atoms with Crippen molar-refractivity contribution in [3.63, 3.8) is 0 Å². The number of rotatable bonds is 4. The zero-order chi connectivity index (χ0) is 13.7. The van der Waals surface area contributed by atoms with Gasteiger partial charge in [0.15, 0.2) is 0 Å². The molecule has 2 rings (SSSR count). The first kappa shape index (κ1) is 13.2. The molecule has 0 atom stereocenters. The maximum Gasteiger partial charge on any atom is 0.328 e. The van der Waals surface area contributed by atoms with Gasteiger partial charge in [0.1, 0.15) is 11.5 Å². The fourth-order valence-electron chi connectivity index (χ4n) is 1.47. The van der Waals surface area contributed by atoms with Crippen LogP contribution in [0, 0.1) is 0 Å². The molecule has 0 aromatic heterocycles. The standard InChI is InChI=1S/C15H11ClO3/c16-13-3-1-2-4-14(13)19-12-8-5-11(6-9-12)7-10-15(17)18/h1-10H,(H,17,18). The fourth-order valence-corrected chi connectivity index (χ4v) is 1.64. The fraction of sp³-hybridized carbons (Fsp3) is 0. The lowest BCUT2D eigenvalue weighted by Gasteiger charge is -2.07. The van der Waals surface area contributed by atoms with Crippen LogP contribution < -0.4 is 4.74 Å². The summed E-state index contributed by atoms with van der Waals surface area (Å²) in [4.78, 5) is 10.4. The molecule has 0 saturated heterocycles. The van der Waals surface area contributed by atoms with Gasteiger partial charge in [0.25, 0.3) is 0 Å². The summed E-state index contributed by atoms with van der Waals surface area (Å²) in [6.45, 7) is 0. The van der Waals surface area contributed by atoms with Gasteiger partial charge in [-0.2, -0.15) is 0 Å². The quantitative estimate of drug-likeness (QED) is 0.849. The second-order valence-electron chi connectivity index (χ2n) is 3.77. The lowest BCUT2D eigenvalue weighted by Crippen LogP contribution is -1.86. The van der Waals surface area contributed by atoms with E-state index in [9.17, 15) is 4.79 Å². The van der Waals surface area contributed by atoms with E-state index in [0.717, 1.165) is 11.6 Å². The van der Waals surface area contributed by atoms with Gasteiger partial charge in [0, 0.05) is 6.08 Å². The van der Waals surface area contributed by atoms with Crippen molar-refractivity contribution < 1.29 is 14.6 Å². The second kappa shape index (κ2) is 6.07. The minimum absolute atomic E-state index is 0.539. The van der Waals surface area contributed by atoms with Gasteiger partial charge >= 0.3 is 5.97 Å². The molecule has 0 aliphatic rings. The van der Waals surface area contributed by atoms with E-state index in [-0.39, 0.29) is 0 Å². The number of hydrogen-bond acceptors (Lipinski definition) is 2. The van der Waals surface area contributed by atoms with Gasteiger partial charge in [-0.15, -0.1) is 0 Å². The van der Waals surface area contributed by atoms with E-state index in [1.807, 2.05) is 12.1 Å². The molecule has 0 bridgehead atoms. The van der Waals surface area contributed by atoms with Crippen LogP contribution in [0.2, 0.25) is 5.02 Å². The molecular formula is C15H11ClO3. The highest BCUT2D eigenvalue weighted by atomic mass is 35.5. The topological polar surface area (TPSA) is 46.5 Å². The predicted molar refractivity (Wildman–Crippen MR) is 74.6 cm³/mol. The summed E-state index contributed by atoms with van der Waals surface area (Å²) in [6.07, 6.45) is 2.60. The number of ether oxygens (including phenoxy) is 1. The second-order valence-corrected chi connectivity index (χ2v) is 4.18. The Hall–Kier alpha value is -2.26. The lowest BCUT2D eigenvalue weighted by molar-refractivity contribution is -0.131. The number of para-hydroxylation sites is 1. The van der Waals surface area contributed by atoms with Crippen molar-refractivity contribution in [1.29, 1.82) is 0 Å². The van der Waals surface area contributed by atoms with E-state index < -0.39 is 5.97 Å². The molecule has 2 aromatic carbocycles. The summed E-state index contributed by atoms with van der Waals surface area (Å²) in [5, 5.41) is 9.07. The number of halogens is 1. The highest BCUT2D eigenvalue weighted by molar-refractivity contribution is 6.32. The van der Waals surface area contributed by atoms with E-state index in [0.29, 0.717) is 16.5 Å². The molecule has 0 fully saturated rings. The third-order valence-electron chi connectivity index (χ3n) is 2.36. The number of carbonyl (C=O) groups is 1. The third kappa shape index (κ3) is 3.86. The smallest absolute Gasteiger partial charge is 0.328 e. The van der Waals surface area contributed by atoms with Gasteiger partial charge in [-0.3, -0.25) is 0 Å². The summed E-state index contributed by atoms with van der Waals surface area (Å²) in [5.41, 5.74) is 0.786. The van der Waals surface area contributed by atoms with Crippen LogP contribution in [-0.4, -0.2) is 11.1 Å². The van der Waals surface area contributed by atoms with Crippen molar-refractivity contribution in [3.05, 3.63) is 65.2 Å². The van der Waals surface area contributed by atoms with Crippen LogP contribution in [0.3, 0.4) is 0 Å². The Morgan fingerprint density at radius 3 is 2.42 bits per heavy atom. The molecule has 2 aromatic rings. The van der Waals surface area contributed by atoms with Crippen LogP contribution in [0.4, 0.5) is 0 Å². The number of benzene rings is 2. The molecule has 0 aliphatic heterocycles. The Bertz CT molecular complexity index is 603. The molecule has 19 heavy (non-hydrogen) atoms. The van der Waals surface area contributed by atoms with Crippen molar-refractivity contribution >= 4 is 23.6 Å². The van der Waals surface area contributed by atoms with Gasteiger partial charge in [0.2, 0.25) is 0 Å². The van der Waals surface area contributed by atoms with E-state index in [1.54, 1.807) is 36.4 Å². The van der Waals surface area contributed by atoms with Crippen molar-refractivity contribution in [2.75, 3.05) is 0 Å². The van der Waals surface area contributed by atoms with E-state index >= 15 is 0 Å². The average Bonchev–Trinajstić information content (AvgIpc) is 2.40. The summed E-state index contributed by atoms with van der Waals surface area (Å²) < 4.78 is 5.62. The Labute approximate surface area is 115 Å². The molecule has 96 valence electrons. The van der Waals surface area contributed by atoms with Crippen LogP contribution in [-0.2, 0) is 4.79 Å². The third-order valence-corrected chi connectivity index (χ3v) is 2.68. The van der Waals surface area contributed by atoms with Crippen molar-refractivity contribution in [1.82, 2.24) is 0 Å². The Morgan fingerprint density at radius 1 is 1.11 bits per heavy atom. The molecule has 1 N–H and O–H groups in total. The van der Waals surface area contributed by atoms with Crippen LogP contribution in [0.1, 0.15) is 5.56 Å². The van der Waals surface area contributed by atoms with E-state index in [2.05, 4.69) is 0 Å². The van der Waals surface area contributed by atoms with E-state index in [4.69, 9.17) is 21.4 Å². The van der Waals surface area contributed by atoms with E-state index in [1.165, 1.54) is 6.08 Å². The van der Waals surface area contributed by atoms with Crippen LogP contribution in [0.15, 0.2) is 54.6 Å². The van der Waals surface area contributed by atoms with Crippen LogP contribution in [0.5, 0.6) is 11.5 Å². The summed E-state index contributed by atoms with van der Waals surface area (Å²) in [6, 6.07) is 14.2. The molecule has 0 heterocycles. The summed E-state index contributed by atoms with van der Waals surface area (Å²) in [7, 11) is 0. The minimum atomic E-state index is -0.976. The molecule has 0 saturated carbocycles. The molecule has 3 nitrogen and oxygen atoms in total. The first-order valence-corrected chi connectivity index (χ1v) is 5.96. The summed E-state index contributed by atoms with van der Waals surface area (Å²) in [5.74, 6) is 0.245. The van der Waals surface area contributed by atoms with Gasteiger partial charge < -0.3 is 9.84 Å². The average molecular weight is 275 g/mol. The zero-order valence-corrected chi connectivity index (χ0v) is 10.7. The monoisotopic (exact) mass is 274 g/mol.